The molecule has 4 rings (SSSR count). The van der Waals surface area contributed by atoms with Gasteiger partial charge in [0.25, 0.3) is 0 Å². The fraction of sp³-hybridized carbons (Fsp3) is 0.333. The van der Waals surface area contributed by atoms with Crippen LogP contribution in [0.1, 0.15) is 16.7 Å². The third kappa shape index (κ3) is 4.11. The van der Waals surface area contributed by atoms with Crippen LogP contribution in [0.5, 0.6) is 11.5 Å². The van der Waals surface area contributed by atoms with Gasteiger partial charge in [0.1, 0.15) is 30.3 Å². The van der Waals surface area contributed by atoms with E-state index in [1.807, 2.05) is 24.3 Å². The minimum Gasteiger partial charge on any atom is -0.496 e. The molecule has 1 fully saturated rings. The molecule has 0 spiro atoms. The summed E-state index contributed by atoms with van der Waals surface area (Å²) in [6, 6.07) is 14.5. The monoisotopic (exact) mass is 364 g/mol. The van der Waals surface area contributed by atoms with Gasteiger partial charge in [-0.05, 0) is 36.2 Å². The lowest BCUT2D eigenvalue weighted by Crippen LogP contribution is -2.53. The molecule has 27 heavy (non-hydrogen) atoms. The van der Waals surface area contributed by atoms with E-state index in [9.17, 15) is 0 Å². The first-order valence-electron chi connectivity index (χ1n) is 9.14. The summed E-state index contributed by atoms with van der Waals surface area (Å²) in [4.78, 5) is 6.40. The number of rotatable bonds is 7. The van der Waals surface area contributed by atoms with Crippen LogP contribution in [0.15, 0.2) is 55.1 Å². The number of para-hydroxylation sites is 1. The van der Waals surface area contributed by atoms with Crippen molar-refractivity contribution >= 4 is 0 Å². The van der Waals surface area contributed by atoms with Gasteiger partial charge < -0.3 is 9.47 Å². The van der Waals surface area contributed by atoms with Gasteiger partial charge in [0.2, 0.25) is 0 Å². The van der Waals surface area contributed by atoms with Crippen molar-refractivity contribution in [1.29, 1.82) is 0 Å². The van der Waals surface area contributed by atoms with Crippen LogP contribution in [0.2, 0.25) is 0 Å². The van der Waals surface area contributed by atoms with Crippen LogP contribution in [0.3, 0.4) is 0 Å². The smallest absolute Gasteiger partial charge is 0.137 e. The highest BCUT2D eigenvalue weighted by Crippen LogP contribution is 2.25. The number of ether oxygens (including phenoxy) is 2. The molecule has 1 saturated heterocycles. The van der Waals surface area contributed by atoms with E-state index in [1.54, 1.807) is 24.4 Å². The number of aryl methyl sites for hydroxylation is 1. The zero-order chi connectivity index (χ0) is 18.6. The van der Waals surface area contributed by atoms with Crippen LogP contribution in [0.4, 0.5) is 0 Å². The summed E-state index contributed by atoms with van der Waals surface area (Å²) >= 11 is 0. The zero-order valence-corrected chi connectivity index (χ0v) is 15.7. The summed E-state index contributed by atoms with van der Waals surface area (Å²) in [5, 5.41) is 4.18. The van der Waals surface area contributed by atoms with Gasteiger partial charge in [0, 0.05) is 25.2 Å². The van der Waals surface area contributed by atoms with Gasteiger partial charge in [-0.15, -0.1) is 0 Å². The summed E-state index contributed by atoms with van der Waals surface area (Å²) in [6.45, 7) is 5.52. The van der Waals surface area contributed by atoms with Crippen molar-refractivity contribution in [2.24, 2.45) is 0 Å². The molecule has 0 saturated carbocycles. The van der Waals surface area contributed by atoms with Crippen molar-refractivity contribution in [2.75, 3.05) is 20.2 Å². The molecule has 1 aliphatic heterocycles. The molecular formula is C21H24N4O2. The first kappa shape index (κ1) is 17.5. The topological polar surface area (TPSA) is 52.4 Å². The lowest BCUT2D eigenvalue weighted by Gasteiger charge is -2.39. The van der Waals surface area contributed by atoms with Gasteiger partial charge in [-0.1, -0.05) is 24.3 Å². The van der Waals surface area contributed by atoms with Gasteiger partial charge in [0.05, 0.1) is 13.7 Å². The van der Waals surface area contributed by atoms with E-state index >= 15 is 0 Å². The maximum atomic E-state index is 6.10. The standard InChI is InChI=1S/C21H24N4O2/c1-16-5-3-4-6-20(16)27-19-12-24(13-19)10-17-7-8-21(26-2)18(9-17)11-25-15-22-14-23-25/h3-9,14-15,19H,10-13H2,1-2H3. The second-order valence-electron chi connectivity index (χ2n) is 6.94. The molecular weight excluding hydrogens is 340 g/mol. The SMILES string of the molecule is COc1ccc(CN2CC(Oc3ccccc3C)C2)cc1Cn1cncn1. The third-order valence-corrected chi connectivity index (χ3v) is 4.86. The number of hydrogen-bond donors (Lipinski definition) is 0. The van der Waals surface area contributed by atoms with Crippen molar-refractivity contribution in [3.05, 3.63) is 71.8 Å². The predicted octanol–water partition coefficient (Wildman–Crippen LogP) is 2.91. The molecule has 6 heteroatoms. The molecule has 2 aromatic carbocycles. The Morgan fingerprint density at radius 1 is 1.07 bits per heavy atom. The summed E-state index contributed by atoms with van der Waals surface area (Å²) in [6.07, 6.45) is 3.53. The van der Waals surface area contributed by atoms with Gasteiger partial charge in [0.15, 0.2) is 0 Å². The normalized spacial score (nSPS) is 14.7. The van der Waals surface area contributed by atoms with Gasteiger partial charge in [-0.3, -0.25) is 4.90 Å². The van der Waals surface area contributed by atoms with Crippen molar-refractivity contribution in [2.45, 2.75) is 26.1 Å². The molecule has 0 aliphatic carbocycles. The highest BCUT2D eigenvalue weighted by atomic mass is 16.5. The molecule has 3 aromatic rings. The molecule has 0 unspecified atom stereocenters. The third-order valence-electron chi connectivity index (χ3n) is 4.86. The molecule has 0 atom stereocenters. The Morgan fingerprint density at radius 2 is 1.93 bits per heavy atom. The Morgan fingerprint density at radius 3 is 2.67 bits per heavy atom. The maximum Gasteiger partial charge on any atom is 0.137 e. The van der Waals surface area contributed by atoms with E-state index in [-0.39, 0.29) is 6.10 Å². The van der Waals surface area contributed by atoms with Gasteiger partial charge in [-0.2, -0.15) is 5.10 Å². The Labute approximate surface area is 159 Å². The average molecular weight is 364 g/mol. The van der Waals surface area contributed by atoms with E-state index in [0.29, 0.717) is 6.54 Å². The maximum absolute atomic E-state index is 6.10. The number of methoxy groups -OCH3 is 1. The molecule has 0 radical (unpaired) electrons. The second-order valence-corrected chi connectivity index (χ2v) is 6.94. The van der Waals surface area contributed by atoms with E-state index < -0.39 is 0 Å². The molecule has 2 heterocycles. The minimum absolute atomic E-state index is 0.263. The zero-order valence-electron chi connectivity index (χ0n) is 15.7. The summed E-state index contributed by atoms with van der Waals surface area (Å²) in [5.74, 6) is 1.86. The van der Waals surface area contributed by atoms with Crippen LogP contribution >= 0.6 is 0 Å². The number of aromatic nitrogens is 3. The second kappa shape index (κ2) is 7.80. The molecule has 0 amide bonds. The van der Waals surface area contributed by atoms with Crippen molar-refractivity contribution in [3.63, 3.8) is 0 Å². The van der Waals surface area contributed by atoms with Crippen molar-refractivity contribution in [1.82, 2.24) is 19.7 Å². The molecule has 6 nitrogen and oxygen atoms in total. The summed E-state index contributed by atoms with van der Waals surface area (Å²) < 4.78 is 13.4. The van der Waals surface area contributed by atoms with Gasteiger partial charge in [-0.25, -0.2) is 9.67 Å². The van der Waals surface area contributed by atoms with E-state index in [4.69, 9.17) is 9.47 Å². The number of hydrogen-bond acceptors (Lipinski definition) is 5. The average Bonchev–Trinajstić information content (AvgIpc) is 3.15. The largest absolute Gasteiger partial charge is 0.496 e. The number of likely N-dealkylation sites (tertiary alicyclic amines) is 1. The number of nitrogens with zero attached hydrogens (tertiary/aromatic N) is 4. The minimum atomic E-state index is 0.263. The van der Waals surface area contributed by atoms with E-state index in [1.165, 1.54) is 11.1 Å². The number of benzene rings is 2. The Hall–Kier alpha value is -2.86. The van der Waals surface area contributed by atoms with Crippen LogP contribution in [-0.4, -0.2) is 46.0 Å². The van der Waals surface area contributed by atoms with Crippen LogP contribution in [0.25, 0.3) is 0 Å². The molecule has 140 valence electrons. The lowest BCUT2D eigenvalue weighted by atomic mass is 10.1. The molecule has 1 aliphatic rings. The molecule has 1 aromatic heterocycles. The van der Waals surface area contributed by atoms with Crippen LogP contribution in [-0.2, 0) is 13.1 Å². The molecule has 0 bridgehead atoms. The Balaban J connectivity index is 1.36. The summed E-state index contributed by atoms with van der Waals surface area (Å²) in [5.41, 5.74) is 3.55. The van der Waals surface area contributed by atoms with Crippen LogP contribution < -0.4 is 9.47 Å². The Bertz CT molecular complexity index is 889. The quantitative estimate of drug-likeness (QED) is 0.645. The lowest BCUT2D eigenvalue weighted by molar-refractivity contribution is 0.0141. The summed E-state index contributed by atoms with van der Waals surface area (Å²) in [7, 11) is 1.70. The van der Waals surface area contributed by atoms with Crippen molar-refractivity contribution in [3.8, 4) is 11.5 Å². The van der Waals surface area contributed by atoms with Crippen LogP contribution in [0, 0.1) is 6.92 Å². The fourth-order valence-corrected chi connectivity index (χ4v) is 3.40. The first-order valence-corrected chi connectivity index (χ1v) is 9.14. The van der Waals surface area contributed by atoms with E-state index in [2.05, 4.69) is 40.1 Å². The fourth-order valence-electron chi connectivity index (χ4n) is 3.40. The highest BCUT2D eigenvalue weighted by Gasteiger charge is 2.28. The van der Waals surface area contributed by atoms with E-state index in [0.717, 1.165) is 36.7 Å². The Kier molecular flexibility index (Phi) is 5.07. The van der Waals surface area contributed by atoms with Crippen molar-refractivity contribution < 1.29 is 9.47 Å². The first-order chi connectivity index (χ1) is 13.2. The highest BCUT2D eigenvalue weighted by molar-refractivity contribution is 5.37. The predicted molar refractivity (Wildman–Crippen MR) is 103 cm³/mol. The molecule has 0 N–H and O–H groups in total. The van der Waals surface area contributed by atoms with Gasteiger partial charge >= 0.3 is 0 Å².